The minimum absolute atomic E-state index is 0.180. The molecule has 0 aliphatic rings. The van der Waals surface area contributed by atoms with Crippen LogP contribution in [0.15, 0.2) is 6.07 Å². The Labute approximate surface area is 103 Å². The van der Waals surface area contributed by atoms with Gasteiger partial charge in [-0.15, -0.1) is 0 Å². The number of nitrogens with one attached hydrogen (secondary N) is 1. The van der Waals surface area contributed by atoms with E-state index in [-0.39, 0.29) is 6.61 Å². The van der Waals surface area contributed by atoms with E-state index < -0.39 is 13.0 Å². The Kier molecular flexibility index (Phi) is 6.17. The van der Waals surface area contributed by atoms with Crippen LogP contribution in [0.5, 0.6) is 0 Å². The Balaban J connectivity index is 2.50. The van der Waals surface area contributed by atoms with E-state index in [1.807, 2.05) is 0 Å². The van der Waals surface area contributed by atoms with Crippen molar-refractivity contribution in [2.75, 3.05) is 20.3 Å². The number of rotatable bonds is 7. The molecule has 0 aliphatic heterocycles. The molecule has 0 radical (unpaired) electrons. The van der Waals surface area contributed by atoms with Crippen LogP contribution in [0.25, 0.3) is 0 Å². The number of aromatic amines is 1. The Hall–Kier alpha value is -0.920. The standard InChI is InChI=1S/C10H14F2N2O2S/c1-15-5-7-4-10(17)14-9(13-7)2-3-16-6-8(11)12/h4,8H,2-3,5-6H2,1H3,(H,13,14,17). The van der Waals surface area contributed by atoms with Gasteiger partial charge in [-0.05, 0) is 6.07 Å². The van der Waals surface area contributed by atoms with Crippen LogP contribution in [-0.2, 0) is 22.5 Å². The Morgan fingerprint density at radius 2 is 2.29 bits per heavy atom. The molecular weight excluding hydrogens is 250 g/mol. The second-order valence-corrected chi connectivity index (χ2v) is 3.76. The predicted molar refractivity (Wildman–Crippen MR) is 60.7 cm³/mol. The molecule has 1 rings (SSSR count). The number of methoxy groups -OCH3 is 1. The molecule has 0 aromatic carbocycles. The molecule has 0 atom stereocenters. The van der Waals surface area contributed by atoms with E-state index in [1.54, 1.807) is 13.2 Å². The van der Waals surface area contributed by atoms with Gasteiger partial charge in [-0.25, -0.2) is 13.8 Å². The summed E-state index contributed by atoms with van der Waals surface area (Å²) in [7, 11) is 1.57. The van der Waals surface area contributed by atoms with Crippen LogP contribution in [0.3, 0.4) is 0 Å². The average molecular weight is 264 g/mol. The molecule has 0 saturated heterocycles. The van der Waals surface area contributed by atoms with Gasteiger partial charge in [-0.3, -0.25) is 0 Å². The molecule has 1 N–H and O–H groups in total. The van der Waals surface area contributed by atoms with Gasteiger partial charge in [-0.2, -0.15) is 0 Å². The third-order valence-corrected chi connectivity index (χ3v) is 2.08. The number of H-pyrrole nitrogens is 1. The van der Waals surface area contributed by atoms with Gasteiger partial charge in [-0.1, -0.05) is 12.2 Å². The summed E-state index contributed by atoms with van der Waals surface area (Å²) in [5.74, 6) is 0.610. The Morgan fingerprint density at radius 3 is 2.94 bits per heavy atom. The van der Waals surface area contributed by atoms with E-state index in [1.165, 1.54) is 0 Å². The van der Waals surface area contributed by atoms with Gasteiger partial charge in [0.2, 0.25) is 0 Å². The maximum Gasteiger partial charge on any atom is 0.261 e. The maximum atomic E-state index is 11.8. The second kappa shape index (κ2) is 7.41. The average Bonchev–Trinajstić information content (AvgIpc) is 2.24. The maximum absolute atomic E-state index is 11.8. The van der Waals surface area contributed by atoms with E-state index in [9.17, 15) is 8.78 Å². The molecule has 1 aromatic rings. The van der Waals surface area contributed by atoms with Crippen LogP contribution in [-0.4, -0.2) is 36.7 Å². The van der Waals surface area contributed by atoms with Crippen LogP contribution in [0.1, 0.15) is 11.5 Å². The topological polar surface area (TPSA) is 47.1 Å². The fourth-order valence-corrected chi connectivity index (χ4v) is 1.51. The first-order valence-corrected chi connectivity index (χ1v) is 5.46. The number of hydrogen-bond donors (Lipinski definition) is 1. The third-order valence-electron chi connectivity index (χ3n) is 1.87. The number of halogens is 2. The fraction of sp³-hybridized carbons (Fsp3) is 0.600. The first kappa shape index (κ1) is 14.1. The zero-order chi connectivity index (χ0) is 12.7. The molecule has 0 unspecified atom stereocenters. The van der Waals surface area contributed by atoms with E-state index in [4.69, 9.17) is 21.7 Å². The normalized spacial score (nSPS) is 11.1. The molecule has 0 amide bonds. The van der Waals surface area contributed by atoms with Gasteiger partial charge in [0.25, 0.3) is 6.43 Å². The second-order valence-electron chi connectivity index (χ2n) is 3.34. The molecule has 0 fully saturated rings. The summed E-state index contributed by atoms with van der Waals surface area (Å²) in [4.78, 5) is 7.07. The summed E-state index contributed by atoms with van der Waals surface area (Å²) >= 11 is 4.97. The van der Waals surface area contributed by atoms with Crippen LogP contribution < -0.4 is 0 Å². The van der Waals surface area contributed by atoms with Crippen LogP contribution in [0, 0.1) is 4.64 Å². The van der Waals surface area contributed by atoms with Gasteiger partial charge in [0.15, 0.2) is 0 Å². The van der Waals surface area contributed by atoms with Crippen LogP contribution in [0.2, 0.25) is 0 Å². The number of nitrogens with zero attached hydrogens (tertiary/aromatic N) is 1. The van der Waals surface area contributed by atoms with Crippen molar-refractivity contribution in [1.82, 2.24) is 9.97 Å². The molecular formula is C10H14F2N2O2S. The van der Waals surface area contributed by atoms with Crippen molar-refractivity contribution < 1.29 is 18.3 Å². The molecule has 17 heavy (non-hydrogen) atoms. The summed E-state index contributed by atoms with van der Waals surface area (Å²) < 4.78 is 33.8. The molecule has 1 heterocycles. The highest BCUT2D eigenvalue weighted by atomic mass is 32.1. The highest BCUT2D eigenvalue weighted by Crippen LogP contribution is 2.01. The lowest BCUT2D eigenvalue weighted by atomic mass is 10.3. The highest BCUT2D eigenvalue weighted by Gasteiger charge is 2.03. The van der Waals surface area contributed by atoms with E-state index in [0.29, 0.717) is 23.5 Å². The lowest BCUT2D eigenvalue weighted by Crippen LogP contribution is -2.09. The zero-order valence-corrected chi connectivity index (χ0v) is 10.2. The SMILES string of the molecule is COCc1cc(=S)nc(CCOCC(F)F)[nH]1. The molecule has 0 saturated carbocycles. The first-order chi connectivity index (χ1) is 8.11. The monoisotopic (exact) mass is 264 g/mol. The quantitative estimate of drug-likeness (QED) is 0.605. The highest BCUT2D eigenvalue weighted by molar-refractivity contribution is 7.71. The summed E-state index contributed by atoms with van der Waals surface area (Å²) in [5.41, 5.74) is 0.802. The first-order valence-electron chi connectivity index (χ1n) is 5.05. The lowest BCUT2D eigenvalue weighted by Gasteiger charge is -2.06. The summed E-state index contributed by atoms with van der Waals surface area (Å²) in [5, 5.41) is 0. The molecule has 96 valence electrons. The van der Waals surface area contributed by atoms with E-state index >= 15 is 0 Å². The smallest absolute Gasteiger partial charge is 0.261 e. The largest absolute Gasteiger partial charge is 0.378 e. The van der Waals surface area contributed by atoms with Crippen molar-refractivity contribution in [3.8, 4) is 0 Å². The molecule has 0 spiro atoms. The van der Waals surface area contributed by atoms with Gasteiger partial charge >= 0.3 is 0 Å². The molecule has 7 heteroatoms. The Bertz CT molecular complexity index is 398. The number of aromatic nitrogens is 2. The van der Waals surface area contributed by atoms with Crippen molar-refractivity contribution >= 4 is 12.2 Å². The van der Waals surface area contributed by atoms with Crippen molar-refractivity contribution in [1.29, 1.82) is 0 Å². The number of ether oxygens (including phenoxy) is 2. The van der Waals surface area contributed by atoms with Crippen molar-refractivity contribution in [3.05, 3.63) is 22.2 Å². The summed E-state index contributed by atoms with van der Waals surface area (Å²) in [6.45, 7) is 0.0224. The van der Waals surface area contributed by atoms with Gasteiger partial charge < -0.3 is 14.5 Å². The van der Waals surface area contributed by atoms with Gasteiger partial charge in [0, 0.05) is 19.2 Å². The fourth-order valence-electron chi connectivity index (χ4n) is 1.26. The van der Waals surface area contributed by atoms with Gasteiger partial charge in [0.1, 0.15) is 17.1 Å². The third kappa shape index (κ3) is 5.81. The minimum Gasteiger partial charge on any atom is -0.378 e. The molecule has 4 nitrogen and oxygen atoms in total. The number of hydrogen-bond acceptors (Lipinski definition) is 4. The number of alkyl halides is 2. The molecule has 1 aromatic heterocycles. The van der Waals surface area contributed by atoms with Crippen molar-refractivity contribution in [2.45, 2.75) is 19.5 Å². The van der Waals surface area contributed by atoms with Crippen molar-refractivity contribution in [2.24, 2.45) is 0 Å². The van der Waals surface area contributed by atoms with Crippen LogP contribution >= 0.6 is 12.2 Å². The minimum atomic E-state index is -2.44. The van der Waals surface area contributed by atoms with Crippen LogP contribution in [0.4, 0.5) is 8.78 Å². The molecule has 0 aliphatic carbocycles. The van der Waals surface area contributed by atoms with E-state index in [2.05, 4.69) is 9.97 Å². The van der Waals surface area contributed by atoms with Gasteiger partial charge in [0.05, 0.1) is 13.2 Å². The Morgan fingerprint density at radius 1 is 1.53 bits per heavy atom. The summed E-state index contributed by atoms with van der Waals surface area (Å²) in [6, 6.07) is 1.70. The molecule has 0 bridgehead atoms. The summed E-state index contributed by atoms with van der Waals surface area (Å²) in [6.07, 6.45) is -2.03. The van der Waals surface area contributed by atoms with E-state index in [0.717, 1.165) is 5.69 Å². The lowest BCUT2D eigenvalue weighted by molar-refractivity contribution is 0.0182. The predicted octanol–water partition coefficient (Wildman–Crippen LogP) is 2.11. The zero-order valence-electron chi connectivity index (χ0n) is 9.41. The van der Waals surface area contributed by atoms with Crippen molar-refractivity contribution in [3.63, 3.8) is 0 Å².